The molecule has 0 aliphatic heterocycles. The quantitative estimate of drug-likeness (QED) is 0.833. The predicted octanol–water partition coefficient (Wildman–Crippen LogP) is 2.79. The molecule has 0 aliphatic rings. The van der Waals surface area contributed by atoms with Gasteiger partial charge in [-0.05, 0) is 11.0 Å². The first-order valence-electron chi connectivity index (χ1n) is 5.77. The van der Waals surface area contributed by atoms with Gasteiger partial charge >= 0.3 is 0 Å². The number of hydrogen-bond donors (Lipinski definition) is 2. The zero-order valence-corrected chi connectivity index (χ0v) is 10.4. The van der Waals surface area contributed by atoms with Crippen molar-refractivity contribution in [2.75, 3.05) is 0 Å². The van der Waals surface area contributed by atoms with Gasteiger partial charge in [0.15, 0.2) is 0 Å². The summed E-state index contributed by atoms with van der Waals surface area (Å²) in [6, 6.07) is 9.59. The van der Waals surface area contributed by atoms with E-state index in [0.717, 1.165) is 11.1 Å². The van der Waals surface area contributed by atoms with E-state index in [-0.39, 0.29) is 5.41 Å². The molecule has 1 aromatic heterocycles. The van der Waals surface area contributed by atoms with Gasteiger partial charge in [0.1, 0.15) is 6.10 Å². The Morgan fingerprint density at radius 3 is 2.41 bits per heavy atom. The van der Waals surface area contributed by atoms with Crippen molar-refractivity contribution < 1.29 is 5.11 Å². The van der Waals surface area contributed by atoms with Crippen LogP contribution in [0.1, 0.15) is 43.7 Å². The molecular formula is C14H18N2O. The molecule has 1 aromatic carbocycles. The molecule has 0 saturated carbocycles. The first-order chi connectivity index (χ1) is 8.00. The number of aliphatic hydroxyl groups is 1. The van der Waals surface area contributed by atoms with Gasteiger partial charge in [0.05, 0.1) is 5.69 Å². The monoisotopic (exact) mass is 230 g/mol. The minimum absolute atomic E-state index is 0.0297. The molecule has 0 spiro atoms. The number of aromatic amines is 1. The summed E-state index contributed by atoms with van der Waals surface area (Å²) >= 11 is 0. The molecule has 1 heterocycles. The van der Waals surface area contributed by atoms with E-state index in [4.69, 9.17) is 0 Å². The normalized spacial score (nSPS) is 13.6. The van der Waals surface area contributed by atoms with E-state index in [1.54, 1.807) is 0 Å². The van der Waals surface area contributed by atoms with Gasteiger partial charge in [-0.2, -0.15) is 5.10 Å². The molecule has 0 radical (unpaired) electrons. The molecule has 2 rings (SSSR count). The molecule has 3 heteroatoms. The molecule has 1 unspecified atom stereocenters. The maximum Gasteiger partial charge on any atom is 0.123 e. The van der Waals surface area contributed by atoms with Gasteiger partial charge < -0.3 is 5.11 Å². The highest BCUT2D eigenvalue weighted by molar-refractivity contribution is 5.33. The summed E-state index contributed by atoms with van der Waals surface area (Å²) in [7, 11) is 0. The third-order valence-electron chi connectivity index (χ3n) is 2.85. The molecule has 3 nitrogen and oxygen atoms in total. The van der Waals surface area contributed by atoms with Crippen LogP contribution in [0, 0.1) is 0 Å². The Hall–Kier alpha value is -1.61. The summed E-state index contributed by atoms with van der Waals surface area (Å²) in [5, 5.41) is 17.4. The van der Waals surface area contributed by atoms with E-state index in [0.29, 0.717) is 5.69 Å². The minimum Gasteiger partial charge on any atom is -0.382 e. The van der Waals surface area contributed by atoms with Gasteiger partial charge in [-0.1, -0.05) is 51.1 Å². The number of H-pyrrole nitrogens is 1. The SMILES string of the molecule is CC(C)(C)c1c[nH]nc1C(O)c1ccccc1. The van der Waals surface area contributed by atoms with Crippen LogP contribution in [0.3, 0.4) is 0 Å². The Labute approximate surface area is 102 Å². The topological polar surface area (TPSA) is 48.9 Å². The molecule has 0 amide bonds. The third-order valence-corrected chi connectivity index (χ3v) is 2.85. The molecule has 2 aromatic rings. The number of aliphatic hydroxyl groups excluding tert-OH is 1. The second kappa shape index (κ2) is 4.34. The lowest BCUT2D eigenvalue weighted by Gasteiger charge is -2.20. The maximum atomic E-state index is 10.3. The molecule has 17 heavy (non-hydrogen) atoms. The Bertz CT molecular complexity index is 482. The van der Waals surface area contributed by atoms with Crippen molar-refractivity contribution in [3.8, 4) is 0 Å². The Balaban J connectivity index is 2.39. The van der Waals surface area contributed by atoms with Crippen molar-refractivity contribution in [2.45, 2.75) is 32.3 Å². The van der Waals surface area contributed by atoms with E-state index in [1.165, 1.54) is 0 Å². The highest BCUT2D eigenvalue weighted by Crippen LogP contribution is 2.30. The van der Waals surface area contributed by atoms with Gasteiger partial charge in [-0.15, -0.1) is 0 Å². The molecule has 2 N–H and O–H groups in total. The van der Waals surface area contributed by atoms with Gasteiger partial charge in [-0.3, -0.25) is 5.10 Å². The smallest absolute Gasteiger partial charge is 0.123 e. The summed E-state index contributed by atoms with van der Waals surface area (Å²) < 4.78 is 0. The molecule has 1 atom stereocenters. The van der Waals surface area contributed by atoms with Crippen molar-refractivity contribution in [3.05, 3.63) is 53.3 Å². The molecule has 0 saturated heterocycles. The van der Waals surface area contributed by atoms with Crippen LogP contribution >= 0.6 is 0 Å². The van der Waals surface area contributed by atoms with Gasteiger partial charge in [-0.25, -0.2) is 0 Å². The van der Waals surface area contributed by atoms with Crippen LogP contribution in [0.4, 0.5) is 0 Å². The van der Waals surface area contributed by atoms with Crippen LogP contribution in [0.25, 0.3) is 0 Å². The van der Waals surface area contributed by atoms with Crippen molar-refractivity contribution in [3.63, 3.8) is 0 Å². The largest absolute Gasteiger partial charge is 0.382 e. The summed E-state index contributed by atoms with van der Waals surface area (Å²) in [6.07, 6.45) is 1.19. The average molecular weight is 230 g/mol. The maximum absolute atomic E-state index is 10.3. The number of benzene rings is 1. The second-order valence-corrected chi connectivity index (χ2v) is 5.25. The Morgan fingerprint density at radius 2 is 1.82 bits per heavy atom. The Morgan fingerprint density at radius 1 is 1.18 bits per heavy atom. The van der Waals surface area contributed by atoms with E-state index in [2.05, 4.69) is 31.0 Å². The highest BCUT2D eigenvalue weighted by Gasteiger charge is 2.25. The second-order valence-electron chi connectivity index (χ2n) is 5.25. The first kappa shape index (κ1) is 11.9. The van der Waals surface area contributed by atoms with Crippen molar-refractivity contribution in [1.29, 1.82) is 0 Å². The van der Waals surface area contributed by atoms with Gasteiger partial charge in [0.25, 0.3) is 0 Å². The molecular weight excluding hydrogens is 212 g/mol. The van der Waals surface area contributed by atoms with Crippen LogP contribution in [-0.2, 0) is 5.41 Å². The summed E-state index contributed by atoms with van der Waals surface area (Å²) in [5.74, 6) is 0. The fraction of sp³-hybridized carbons (Fsp3) is 0.357. The van der Waals surface area contributed by atoms with Crippen LogP contribution in [0.5, 0.6) is 0 Å². The molecule has 0 aliphatic carbocycles. The zero-order chi connectivity index (χ0) is 12.5. The molecule has 90 valence electrons. The summed E-state index contributed by atoms with van der Waals surface area (Å²) in [6.45, 7) is 6.33. The molecule has 0 bridgehead atoms. The van der Waals surface area contributed by atoms with E-state index < -0.39 is 6.10 Å². The van der Waals surface area contributed by atoms with Crippen LogP contribution < -0.4 is 0 Å². The lowest BCUT2D eigenvalue weighted by Crippen LogP contribution is -2.15. The lowest BCUT2D eigenvalue weighted by molar-refractivity contribution is 0.212. The minimum atomic E-state index is -0.670. The summed E-state index contributed by atoms with van der Waals surface area (Å²) in [5.41, 5.74) is 2.60. The van der Waals surface area contributed by atoms with E-state index >= 15 is 0 Å². The fourth-order valence-electron chi connectivity index (χ4n) is 1.90. The van der Waals surface area contributed by atoms with E-state index in [1.807, 2.05) is 36.5 Å². The highest BCUT2D eigenvalue weighted by atomic mass is 16.3. The third kappa shape index (κ3) is 2.39. The first-order valence-corrected chi connectivity index (χ1v) is 5.77. The van der Waals surface area contributed by atoms with Gasteiger partial charge in [0.2, 0.25) is 0 Å². The van der Waals surface area contributed by atoms with Crippen molar-refractivity contribution >= 4 is 0 Å². The Kier molecular flexibility index (Phi) is 3.03. The number of nitrogens with one attached hydrogen (secondary N) is 1. The van der Waals surface area contributed by atoms with Crippen molar-refractivity contribution in [2.24, 2.45) is 0 Å². The zero-order valence-electron chi connectivity index (χ0n) is 10.4. The van der Waals surface area contributed by atoms with Crippen LogP contribution in [-0.4, -0.2) is 15.3 Å². The number of aromatic nitrogens is 2. The van der Waals surface area contributed by atoms with Crippen molar-refractivity contribution in [1.82, 2.24) is 10.2 Å². The number of nitrogens with zero attached hydrogens (tertiary/aromatic N) is 1. The standard InChI is InChI=1S/C14H18N2O/c1-14(2,3)11-9-15-16-12(11)13(17)10-7-5-4-6-8-10/h4-9,13,17H,1-3H3,(H,15,16). The number of rotatable bonds is 2. The van der Waals surface area contributed by atoms with Crippen LogP contribution in [0.15, 0.2) is 36.5 Å². The fourth-order valence-corrected chi connectivity index (χ4v) is 1.90. The lowest BCUT2D eigenvalue weighted by atomic mass is 9.85. The van der Waals surface area contributed by atoms with Gasteiger partial charge in [0, 0.05) is 11.8 Å². The average Bonchev–Trinajstić information content (AvgIpc) is 2.78. The molecule has 0 fully saturated rings. The number of hydrogen-bond acceptors (Lipinski definition) is 2. The van der Waals surface area contributed by atoms with E-state index in [9.17, 15) is 5.11 Å². The summed E-state index contributed by atoms with van der Waals surface area (Å²) in [4.78, 5) is 0. The predicted molar refractivity (Wildman–Crippen MR) is 67.8 cm³/mol. The van der Waals surface area contributed by atoms with Crippen LogP contribution in [0.2, 0.25) is 0 Å².